The fourth-order valence-electron chi connectivity index (χ4n) is 0. The fourth-order valence-corrected chi connectivity index (χ4v) is 0. The van der Waals surface area contributed by atoms with Gasteiger partial charge < -0.3 is 26.5 Å². The summed E-state index contributed by atoms with van der Waals surface area (Å²) in [7, 11) is -2.06. The summed E-state index contributed by atoms with van der Waals surface area (Å²) in [5, 5.41) is 22.0. The van der Waals surface area contributed by atoms with Crippen LogP contribution in [0.3, 0.4) is 0 Å². The molecule has 0 saturated heterocycles. The third-order valence-electron chi connectivity index (χ3n) is 0.0943. The standard InChI is InChI=1S/BH3O4.Na.3H2O.H/c2-1(3)5-4;;;;;/h2-4H;;3*1H2;. The molecule has 0 aliphatic heterocycles. The molecule has 0 amide bonds. The Morgan fingerprint density at radius 2 is 1.11 bits per heavy atom. The quantitative estimate of drug-likeness (QED) is 0.197. The molecule has 9 N–H and O–H groups in total. The molecule has 56 valence electrons. The molecule has 0 aromatic carbocycles. The number of hydrogen-bond acceptors (Lipinski definition) is 4. The molecular formula is H10BNaO7. The van der Waals surface area contributed by atoms with Crippen LogP contribution in [-0.2, 0) is 4.81 Å². The van der Waals surface area contributed by atoms with Crippen molar-refractivity contribution < 1.29 is 36.5 Å². The molecule has 0 unspecified atom stereocenters. The molecule has 0 spiro atoms. The zero-order valence-electron chi connectivity index (χ0n) is 3.83. The first-order valence-corrected chi connectivity index (χ1v) is 0.935. The molecule has 0 radical (unpaired) electrons. The third-order valence-corrected chi connectivity index (χ3v) is 0.0943. The normalized spacial score (nSPS) is 4.33. The number of rotatable bonds is 1. The molecule has 0 fully saturated rings. The van der Waals surface area contributed by atoms with Gasteiger partial charge in [-0.3, -0.25) is 5.26 Å². The third kappa shape index (κ3) is 52.1. The first kappa shape index (κ1) is 33.0. The van der Waals surface area contributed by atoms with Crippen molar-refractivity contribution in [2.75, 3.05) is 0 Å². The van der Waals surface area contributed by atoms with E-state index in [0.717, 1.165) is 0 Å². The molecule has 0 aliphatic carbocycles. The first-order valence-electron chi connectivity index (χ1n) is 0.935. The van der Waals surface area contributed by atoms with E-state index in [-0.39, 0.29) is 46.0 Å². The van der Waals surface area contributed by atoms with Gasteiger partial charge in [0.05, 0.1) is 0 Å². The Bertz CT molecular complexity index is 22.9. The van der Waals surface area contributed by atoms with Gasteiger partial charge in [0.25, 0.3) is 0 Å². The minimum absolute atomic E-state index is 0. The van der Waals surface area contributed by atoms with Crippen LogP contribution in [0.1, 0.15) is 0 Å². The van der Waals surface area contributed by atoms with E-state index >= 15 is 0 Å². The van der Waals surface area contributed by atoms with Crippen molar-refractivity contribution in [1.29, 1.82) is 0 Å². The van der Waals surface area contributed by atoms with Crippen LogP contribution < -0.4 is 0 Å². The second-order valence-corrected chi connectivity index (χ2v) is 0.432. The van der Waals surface area contributed by atoms with E-state index in [2.05, 4.69) is 4.81 Å². The summed E-state index contributed by atoms with van der Waals surface area (Å²) in [5.41, 5.74) is 0. The Balaban J connectivity index is -0.0000000133. The van der Waals surface area contributed by atoms with Crippen molar-refractivity contribution in [2.45, 2.75) is 0 Å². The molecule has 0 aliphatic rings. The van der Waals surface area contributed by atoms with Gasteiger partial charge in [-0.1, -0.05) is 0 Å². The van der Waals surface area contributed by atoms with E-state index in [0.29, 0.717) is 0 Å². The maximum absolute atomic E-state index is 7.44. The summed E-state index contributed by atoms with van der Waals surface area (Å²) in [5.74, 6) is 0. The second kappa shape index (κ2) is 23.3. The van der Waals surface area contributed by atoms with Crippen molar-refractivity contribution in [3.63, 3.8) is 0 Å². The Morgan fingerprint density at radius 3 is 1.11 bits per heavy atom. The van der Waals surface area contributed by atoms with Gasteiger partial charge in [0.2, 0.25) is 0 Å². The van der Waals surface area contributed by atoms with Gasteiger partial charge in [-0.2, -0.15) is 0 Å². The maximum atomic E-state index is 7.44. The van der Waals surface area contributed by atoms with Crippen LogP contribution in [0.5, 0.6) is 0 Å². The topological polar surface area (TPSA) is 164 Å². The monoisotopic (exact) mass is 156 g/mol. The van der Waals surface area contributed by atoms with E-state index in [4.69, 9.17) is 15.3 Å². The number of hydrogen-bond donors (Lipinski definition) is 3. The van der Waals surface area contributed by atoms with Gasteiger partial charge in [0.1, 0.15) is 0 Å². The van der Waals surface area contributed by atoms with Gasteiger partial charge in [-0.25, -0.2) is 4.81 Å². The SMILES string of the molecule is O.O.O.OOB(O)O.[NaH]. The summed E-state index contributed by atoms with van der Waals surface area (Å²) in [6.07, 6.45) is 0. The zero-order valence-corrected chi connectivity index (χ0v) is 3.83. The van der Waals surface area contributed by atoms with Crippen LogP contribution >= 0.6 is 0 Å². The van der Waals surface area contributed by atoms with Crippen LogP contribution in [0.4, 0.5) is 0 Å². The summed E-state index contributed by atoms with van der Waals surface area (Å²) >= 11 is 0. The summed E-state index contributed by atoms with van der Waals surface area (Å²) in [4.78, 5) is 2.86. The molecule has 0 bridgehead atoms. The van der Waals surface area contributed by atoms with Gasteiger partial charge >= 0.3 is 36.9 Å². The average Bonchev–Trinajstić information content (AvgIpc) is 1.38. The summed E-state index contributed by atoms with van der Waals surface area (Å²) < 4.78 is 0. The van der Waals surface area contributed by atoms with Crippen molar-refractivity contribution in [1.82, 2.24) is 0 Å². The average molecular weight is 156 g/mol. The van der Waals surface area contributed by atoms with Crippen LogP contribution in [0.2, 0.25) is 0 Å². The minimum atomic E-state index is -2.06. The van der Waals surface area contributed by atoms with Gasteiger partial charge in [0, 0.05) is 0 Å². The molecule has 7 nitrogen and oxygen atoms in total. The molecular weight excluding hydrogens is 146 g/mol. The predicted octanol–water partition coefficient (Wildman–Crippen LogP) is -4.68. The van der Waals surface area contributed by atoms with E-state index in [1.165, 1.54) is 0 Å². The second-order valence-electron chi connectivity index (χ2n) is 0.432. The van der Waals surface area contributed by atoms with Crippen LogP contribution in [0, 0.1) is 0 Å². The Kier molecular flexibility index (Phi) is 85.2. The van der Waals surface area contributed by atoms with Crippen molar-refractivity contribution >= 4 is 36.9 Å². The molecule has 9 heteroatoms. The Hall–Kier alpha value is 0.785. The van der Waals surface area contributed by atoms with Crippen LogP contribution in [0.15, 0.2) is 0 Å². The zero-order chi connectivity index (χ0) is 4.28. The Morgan fingerprint density at radius 1 is 1.00 bits per heavy atom. The molecule has 0 aromatic rings. The van der Waals surface area contributed by atoms with Gasteiger partial charge in [-0.15, -0.1) is 0 Å². The fraction of sp³-hybridized carbons (Fsp3) is 0. The molecule has 0 rings (SSSR count). The van der Waals surface area contributed by atoms with Crippen molar-refractivity contribution in [2.24, 2.45) is 0 Å². The van der Waals surface area contributed by atoms with Crippen molar-refractivity contribution in [3.05, 3.63) is 0 Å². The van der Waals surface area contributed by atoms with Gasteiger partial charge in [0.15, 0.2) is 0 Å². The van der Waals surface area contributed by atoms with E-state index in [1.807, 2.05) is 0 Å². The van der Waals surface area contributed by atoms with Gasteiger partial charge in [-0.05, 0) is 0 Å². The first-order chi connectivity index (χ1) is 2.27. The molecule has 0 aromatic heterocycles. The molecule has 0 saturated carbocycles. The predicted molar refractivity (Wildman–Crippen MR) is 31.9 cm³/mol. The Labute approximate surface area is 73.6 Å². The van der Waals surface area contributed by atoms with Crippen LogP contribution in [0.25, 0.3) is 0 Å². The van der Waals surface area contributed by atoms with E-state index in [9.17, 15) is 0 Å². The summed E-state index contributed by atoms with van der Waals surface area (Å²) in [6.45, 7) is 0. The summed E-state index contributed by atoms with van der Waals surface area (Å²) in [6, 6.07) is 0. The van der Waals surface area contributed by atoms with E-state index < -0.39 is 7.32 Å². The molecule has 0 heterocycles. The molecule has 0 atom stereocenters. The van der Waals surface area contributed by atoms with Crippen LogP contribution in [-0.4, -0.2) is 68.6 Å². The molecule has 9 heavy (non-hydrogen) atoms. The van der Waals surface area contributed by atoms with Crippen molar-refractivity contribution in [3.8, 4) is 0 Å². The van der Waals surface area contributed by atoms with E-state index in [1.54, 1.807) is 0 Å².